The second kappa shape index (κ2) is 6.14. The first kappa shape index (κ1) is 15.0. The highest BCUT2D eigenvalue weighted by Crippen LogP contribution is 2.29. The largest absolute Gasteiger partial charge is 0.297 e. The second-order valence-electron chi connectivity index (χ2n) is 5.08. The number of thioether (sulfide) groups is 1. The number of rotatable bonds is 2. The van der Waals surface area contributed by atoms with Crippen molar-refractivity contribution in [2.75, 3.05) is 0 Å². The molecule has 1 saturated heterocycles. The van der Waals surface area contributed by atoms with Gasteiger partial charge in [0.05, 0.1) is 5.69 Å². The summed E-state index contributed by atoms with van der Waals surface area (Å²) in [5.74, 6) is -0.192. The fourth-order valence-corrected chi connectivity index (χ4v) is 3.21. The maximum absolute atomic E-state index is 12.4. The molecule has 2 aromatic rings. The predicted octanol–water partition coefficient (Wildman–Crippen LogP) is 3.82. The molecule has 0 aliphatic carbocycles. The molecule has 0 aromatic heterocycles. The lowest BCUT2D eigenvalue weighted by Gasteiger charge is -2.08. The molecule has 5 nitrogen and oxygen atoms in total. The third-order valence-electron chi connectivity index (χ3n) is 3.39. The van der Waals surface area contributed by atoms with Gasteiger partial charge in [0, 0.05) is 5.02 Å². The number of hydrogen-bond acceptors (Lipinski definition) is 4. The number of halogens is 1. The number of carbonyl (C=O) groups is 1. The lowest BCUT2D eigenvalue weighted by atomic mass is 10.2. The van der Waals surface area contributed by atoms with Crippen LogP contribution in [-0.4, -0.2) is 21.3 Å². The van der Waals surface area contributed by atoms with E-state index >= 15 is 0 Å². The number of benzene rings is 2. The smallest absolute Gasteiger partial charge is 0.266 e. The zero-order valence-electron chi connectivity index (χ0n) is 12.3. The number of amidine groups is 2. The molecule has 0 unspecified atom stereocenters. The van der Waals surface area contributed by atoms with E-state index in [-0.39, 0.29) is 5.91 Å². The Kier molecular flexibility index (Phi) is 3.84. The zero-order valence-corrected chi connectivity index (χ0v) is 13.9. The second-order valence-corrected chi connectivity index (χ2v) is 6.47. The van der Waals surface area contributed by atoms with Crippen LogP contribution in [-0.2, 0) is 4.79 Å². The summed E-state index contributed by atoms with van der Waals surface area (Å²) in [6.45, 7) is 0. The van der Waals surface area contributed by atoms with Crippen molar-refractivity contribution in [3.63, 3.8) is 0 Å². The normalized spacial score (nSPS) is 19.6. The quantitative estimate of drug-likeness (QED) is 0.834. The van der Waals surface area contributed by atoms with Gasteiger partial charge in [-0.1, -0.05) is 41.9 Å². The molecule has 0 spiro atoms. The summed E-state index contributed by atoms with van der Waals surface area (Å²) in [4.78, 5) is 21.3. The van der Waals surface area contributed by atoms with Crippen LogP contribution in [0.25, 0.3) is 6.08 Å². The van der Waals surface area contributed by atoms with Crippen molar-refractivity contribution in [2.45, 2.75) is 0 Å². The van der Waals surface area contributed by atoms with Gasteiger partial charge in [-0.2, -0.15) is 5.01 Å². The van der Waals surface area contributed by atoms with Gasteiger partial charge in [-0.05, 0) is 47.7 Å². The number of hydrogen-bond donors (Lipinski definition) is 1. The summed E-state index contributed by atoms with van der Waals surface area (Å²) < 4.78 is 0. The van der Waals surface area contributed by atoms with E-state index in [1.165, 1.54) is 16.8 Å². The van der Waals surface area contributed by atoms with E-state index < -0.39 is 0 Å². The van der Waals surface area contributed by atoms with Crippen LogP contribution in [0.3, 0.4) is 0 Å². The molecule has 7 heteroatoms. The summed E-state index contributed by atoms with van der Waals surface area (Å²) in [5, 5.41) is 3.24. The van der Waals surface area contributed by atoms with E-state index in [0.29, 0.717) is 21.1 Å². The van der Waals surface area contributed by atoms with E-state index in [4.69, 9.17) is 11.6 Å². The molecule has 0 bridgehead atoms. The Labute approximate surface area is 147 Å². The van der Waals surface area contributed by atoms with Crippen molar-refractivity contribution in [1.82, 2.24) is 10.4 Å². The summed E-state index contributed by atoms with van der Waals surface area (Å²) in [5.41, 5.74) is 5.07. The van der Waals surface area contributed by atoms with E-state index in [1.807, 2.05) is 42.5 Å². The Bertz CT molecular complexity index is 891. The number of amides is 1. The number of hydrazine groups is 1. The highest BCUT2D eigenvalue weighted by Gasteiger charge is 2.37. The molecule has 118 valence electrons. The average molecular weight is 355 g/mol. The summed E-state index contributed by atoms with van der Waals surface area (Å²) in [6.07, 6.45) is 1.77. The summed E-state index contributed by atoms with van der Waals surface area (Å²) in [7, 11) is 0. The Balaban J connectivity index is 1.57. The molecule has 2 aliphatic heterocycles. The van der Waals surface area contributed by atoms with Gasteiger partial charge in [0.2, 0.25) is 0 Å². The molecule has 24 heavy (non-hydrogen) atoms. The molecule has 2 aliphatic rings. The standard InChI is InChI=1S/C17H11ClN4OS/c18-12-6-8-13(9-7-12)19-16-21-22-15(23)14(20-17(22)24-16)10-11-4-2-1-3-5-11/h1-10H,(H,19,21)/b14-10-. The molecule has 1 amide bonds. The maximum Gasteiger partial charge on any atom is 0.297 e. The Morgan fingerprint density at radius 2 is 1.88 bits per heavy atom. The average Bonchev–Trinajstić information content (AvgIpc) is 3.10. The summed E-state index contributed by atoms with van der Waals surface area (Å²) >= 11 is 7.18. The lowest BCUT2D eigenvalue weighted by molar-refractivity contribution is -0.123. The monoisotopic (exact) mass is 354 g/mol. The van der Waals surface area contributed by atoms with Gasteiger partial charge in [-0.25, -0.2) is 9.98 Å². The Morgan fingerprint density at radius 3 is 2.58 bits per heavy atom. The molecule has 1 fully saturated rings. The first-order chi connectivity index (χ1) is 11.7. The molecule has 2 heterocycles. The molecule has 4 rings (SSSR count). The van der Waals surface area contributed by atoms with Gasteiger partial charge in [0.1, 0.15) is 5.70 Å². The number of carbonyl (C=O) groups excluding carboxylic acids is 1. The minimum Gasteiger partial charge on any atom is -0.266 e. The van der Waals surface area contributed by atoms with Crippen LogP contribution >= 0.6 is 23.4 Å². The van der Waals surface area contributed by atoms with Gasteiger partial charge >= 0.3 is 0 Å². The fourth-order valence-electron chi connectivity index (χ4n) is 2.26. The first-order valence-corrected chi connectivity index (χ1v) is 8.37. The van der Waals surface area contributed by atoms with E-state index in [1.54, 1.807) is 18.2 Å². The van der Waals surface area contributed by atoms with Crippen LogP contribution < -0.4 is 5.43 Å². The molecule has 1 N–H and O–H groups in total. The van der Waals surface area contributed by atoms with Crippen molar-refractivity contribution in [3.05, 3.63) is 70.9 Å². The van der Waals surface area contributed by atoms with Crippen LogP contribution in [0.5, 0.6) is 0 Å². The zero-order chi connectivity index (χ0) is 16.5. The van der Waals surface area contributed by atoms with Crippen LogP contribution in [0.2, 0.25) is 5.02 Å². The number of nitrogens with one attached hydrogen (secondary N) is 1. The van der Waals surface area contributed by atoms with Gasteiger partial charge in [0.15, 0.2) is 10.3 Å². The lowest BCUT2D eigenvalue weighted by Crippen LogP contribution is -2.38. The van der Waals surface area contributed by atoms with Gasteiger partial charge in [-0.3, -0.25) is 10.2 Å². The van der Waals surface area contributed by atoms with E-state index in [0.717, 1.165) is 11.3 Å². The first-order valence-electron chi connectivity index (χ1n) is 7.18. The van der Waals surface area contributed by atoms with Gasteiger partial charge in [0.25, 0.3) is 5.91 Å². The van der Waals surface area contributed by atoms with Crippen LogP contribution in [0.1, 0.15) is 5.56 Å². The van der Waals surface area contributed by atoms with Crippen molar-refractivity contribution in [1.29, 1.82) is 0 Å². The number of nitrogens with zero attached hydrogens (tertiary/aromatic N) is 3. The van der Waals surface area contributed by atoms with E-state index in [2.05, 4.69) is 15.4 Å². The van der Waals surface area contributed by atoms with Crippen LogP contribution in [0.15, 0.2) is 70.3 Å². The third kappa shape index (κ3) is 2.93. The van der Waals surface area contributed by atoms with Crippen molar-refractivity contribution in [3.8, 4) is 0 Å². The van der Waals surface area contributed by atoms with Crippen molar-refractivity contribution < 1.29 is 4.79 Å². The van der Waals surface area contributed by atoms with Crippen molar-refractivity contribution >= 4 is 51.4 Å². The van der Waals surface area contributed by atoms with Gasteiger partial charge < -0.3 is 0 Å². The molecule has 2 aromatic carbocycles. The third-order valence-corrected chi connectivity index (χ3v) is 4.47. The molecule has 0 atom stereocenters. The molecule has 0 radical (unpaired) electrons. The Hall–Kier alpha value is -2.57. The molecular formula is C17H11ClN4OS. The maximum atomic E-state index is 12.4. The minimum absolute atomic E-state index is 0.192. The SMILES string of the molecule is O=C1/C(=C/c2ccccc2)N=C2SC(=Nc3ccc(Cl)cc3)NN12. The molecular weight excluding hydrogens is 344 g/mol. The van der Waals surface area contributed by atoms with Crippen molar-refractivity contribution in [2.24, 2.45) is 9.98 Å². The number of aliphatic imine (C=N–C) groups is 2. The molecule has 0 saturated carbocycles. The number of fused-ring (bicyclic) bond motifs is 1. The Morgan fingerprint density at radius 1 is 1.12 bits per heavy atom. The van der Waals surface area contributed by atoms with Gasteiger partial charge in [-0.15, -0.1) is 0 Å². The topological polar surface area (TPSA) is 57.1 Å². The summed E-state index contributed by atoms with van der Waals surface area (Å²) in [6, 6.07) is 16.8. The highest BCUT2D eigenvalue weighted by atomic mass is 35.5. The van der Waals surface area contributed by atoms with Crippen LogP contribution in [0, 0.1) is 0 Å². The van der Waals surface area contributed by atoms with Crippen LogP contribution in [0.4, 0.5) is 5.69 Å². The minimum atomic E-state index is -0.192. The highest BCUT2D eigenvalue weighted by molar-refractivity contribution is 8.27. The van der Waals surface area contributed by atoms with E-state index in [9.17, 15) is 4.79 Å². The predicted molar refractivity (Wildman–Crippen MR) is 98.0 cm³/mol. The fraction of sp³-hybridized carbons (Fsp3) is 0.